The second kappa shape index (κ2) is 44.5. The van der Waals surface area contributed by atoms with Crippen LogP contribution in [0.5, 0.6) is 0 Å². The van der Waals surface area contributed by atoms with E-state index in [0.29, 0.717) is 53.2 Å². The quantitative estimate of drug-likeness (QED) is 0.0456. The van der Waals surface area contributed by atoms with E-state index in [2.05, 4.69) is 17.1 Å². The maximum absolute atomic E-state index is 14.5. The number of aliphatic hydroxyl groups excluding tert-OH is 6. The van der Waals surface area contributed by atoms with Gasteiger partial charge in [-0.3, -0.25) is 14.4 Å². The number of aliphatic imine (C=N–C) groups is 2. The Labute approximate surface area is 1020 Å². The molecule has 14 aliphatic rings. The molecule has 0 spiro atoms. The van der Waals surface area contributed by atoms with Crippen molar-refractivity contribution in [2.45, 2.75) is 288 Å². The van der Waals surface area contributed by atoms with Gasteiger partial charge in [0.1, 0.15) is 66.0 Å². The Kier molecular flexibility index (Phi) is 38.7. The molecule has 3 saturated heterocycles. The van der Waals surface area contributed by atoms with Crippen molar-refractivity contribution in [1.82, 2.24) is 0 Å². The fourth-order valence-corrected chi connectivity index (χ4v) is 27.5. The number of esters is 2. The predicted octanol–water partition coefficient (Wildman–Crippen LogP) is 10.4. The minimum absolute atomic E-state index is 0. The number of ketones is 3. The molecule has 19 unspecified atom stereocenters. The number of nitrogens with zero attached hydrogens (tertiary/aromatic N) is 2. The molecule has 730 valence electrons. The Morgan fingerprint density at radius 1 is 0.435 bits per heavy atom. The van der Waals surface area contributed by atoms with Crippen LogP contribution in [-0.2, 0) is 57.1 Å². The van der Waals surface area contributed by atoms with Gasteiger partial charge in [-0.05, 0) is 145 Å². The molecule has 26 nitrogen and oxygen atoms in total. The van der Waals surface area contributed by atoms with E-state index in [9.17, 15) is 85.3 Å². The first-order valence-electron chi connectivity index (χ1n) is 47.0. The Morgan fingerprint density at radius 2 is 0.783 bits per heavy atom. The van der Waals surface area contributed by atoms with Crippen molar-refractivity contribution in [3.63, 3.8) is 0 Å². The molecule has 9 aliphatic carbocycles. The molecular formula is C106H134Ac6N2O24. The minimum Gasteiger partial charge on any atom is -0.475 e. The van der Waals surface area contributed by atoms with Crippen LogP contribution in [0, 0.1) is 344 Å². The summed E-state index contributed by atoms with van der Waals surface area (Å²) in [6, 6.07) is 47.6. The summed E-state index contributed by atoms with van der Waals surface area (Å²) in [4.78, 5) is 79.2. The molecule has 32 atom stereocenters. The SMILES string of the molecule is CC1=C2C(O)C(=O)[C@@]3(C)C([C@H](C)C(O)(CC1O)C2(C)C)[C@]1(O)COC1C[C@@H]3C.CC1=C2C(O)C(=O)[C@@]3(C)C([C@H](C)C(O)(CC1OC(=O)[C@@H]1OC(c4ccccc4)=NC1c1ccccc1)C2(C)C)[C@]1(O)COC1C[C@@H]3C.CC1=C2C(O)C(=O)[C@]3(C)C(O)CC4OC[C@@]4(O)C3[C@H](C)C(O)(CC1OC(=O)C(O)[C@@H](C)c1ccccc1)C2(C)C.[Ac].[Ac].[Ac].[Ac].[Ac].[Ac].c1ccc(C2=NC(c3ccccc3)CO2)cc1. The zero-order chi connectivity index (χ0) is 95.8. The molecule has 6 bridgehead atoms. The van der Waals surface area contributed by atoms with Crippen molar-refractivity contribution >= 4 is 41.1 Å². The van der Waals surface area contributed by atoms with Gasteiger partial charge in [0.25, 0.3) is 0 Å². The second-order valence-electron chi connectivity index (χ2n) is 43.1. The number of carbonyl (C=O) groups excluding carboxylic acids is 5. The molecule has 19 rings (SSSR count). The summed E-state index contributed by atoms with van der Waals surface area (Å²) in [5.74, 6) is -6.85. The van der Waals surface area contributed by atoms with E-state index in [0.717, 1.165) is 28.2 Å². The number of hydrogen-bond donors (Lipinski definition) is 12. The summed E-state index contributed by atoms with van der Waals surface area (Å²) in [5.41, 5.74) is -8.50. The van der Waals surface area contributed by atoms with Crippen molar-refractivity contribution in [1.29, 1.82) is 0 Å². The summed E-state index contributed by atoms with van der Waals surface area (Å²) in [5, 5.41) is 141. The molecule has 6 saturated carbocycles. The fourth-order valence-electron chi connectivity index (χ4n) is 27.5. The molecule has 5 heterocycles. The zero-order valence-electron chi connectivity index (χ0n) is 82.4. The Hall–Kier alpha value is 0.259. The number of hydrogen-bond acceptors (Lipinski definition) is 26. The van der Waals surface area contributed by atoms with Crippen LogP contribution >= 0.6 is 0 Å². The van der Waals surface area contributed by atoms with Gasteiger partial charge in [0.2, 0.25) is 17.9 Å². The maximum Gasteiger partial charge on any atom is 0.350 e. The van der Waals surface area contributed by atoms with Crippen molar-refractivity contribution in [3.05, 3.63) is 213 Å². The van der Waals surface area contributed by atoms with E-state index in [-0.39, 0.29) is 351 Å². The number of fused-ring (bicyclic) bond motifs is 15. The van der Waals surface area contributed by atoms with Crippen LogP contribution in [0.2, 0.25) is 0 Å². The molecule has 6 radical (unpaired) electrons. The average Bonchev–Trinajstić information content (AvgIpc) is 1.65. The zero-order valence-corrected chi connectivity index (χ0v) is 111. The van der Waals surface area contributed by atoms with Gasteiger partial charge in [-0.2, -0.15) is 0 Å². The van der Waals surface area contributed by atoms with Crippen LogP contribution in [0.1, 0.15) is 209 Å². The predicted molar refractivity (Wildman–Crippen MR) is 488 cm³/mol. The number of rotatable bonds is 10. The van der Waals surface area contributed by atoms with Crippen LogP contribution in [0.15, 0.2) is 195 Å². The summed E-state index contributed by atoms with van der Waals surface area (Å²) in [7, 11) is 0. The second-order valence-corrected chi connectivity index (χ2v) is 43.1. The molecule has 138 heavy (non-hydrogen) atoms. The van der Waals surface area contributed by atoms with Crippen molar-refractivity contribution in [3.8, 4) is 0 Å². The van der Waals surface area contributed by atoms with Gasteiger partial charge in [0.05, 0.1) is 72.6 Å². The van der Waals surface area contributed by atoms with Gasteiger partial charge < -0.3 is 94.4 Å². The number of ether oxygens (including phenoxy) is 7. The topological polar surface area (TPSA) is 417 Å². The third-order valence-corrected chi connectivity index (χ3v) is 36.1. The van der Waals surface area contributed by atoms with Gasteiger partial charge >= 0.3 is 11.9 Å². The summed E-state index contributed by atoms with van der Waals surface area (Å²) >= 11 is 0. The molecule has 32 heteroatoms. The molecule has 5 aromatic carbocycles. The molecule has 12 N–H and O–H groups in total. The largest absolute Gasteiger partial charge is 0.475 e. The number of Topliss-reactive ketones (excluding diaryl/α,β-unsaturated/α-hetero) is 3. The molecule has 5 aliphatic heterocycles. The third-order valence-electron chi connectivity index (χ3n) is 36.1. The summed E-state index contributed by atoms with van der Waals surface area (Å²) in [6.45, 7) is 33.1. The van der Waals surface area contributed by atoms with E-state index in [1.807, 2.05) is 197 Å². The summed E-state index contributed by atoms with van der Waals surface area (Å²) in [6.07, 6.45) is -11.9. The third kappa shape index (κ3) is 19.3. The van der Waals surface area contributed by atoms with Gasteiger partial charge in [0, 0.05) is 352 Å². The van der Waals surface area contributed by atoms with Gasteiger partial charge in [0.15, 0.2) is 23.5 Å². The van der Waals surface area contributed by atoms with E-state index in [1.54, 1.807) is 67.5 Å². The van der Waals surface area contributed by atoms with Gasteiger partial charge in [-0.25, -0.2) is 19.6 Å². The van der Waals surface area contributed by atoms with E-state index < -0.39 is 198 Å². The number of carbonyl (C=O) groups is 5. The molecule has 0 amide bonds. The smallest absolute Gasteiger partial charge is 0.350 e. The van der Waals surface area contributed by atoms with Crippen molar-refractivity contribution in [2.75, 3.05) is 26.4 Å². The van der Waals surface area contributed by atoms with E-state index >= 15 is 0 Å². The Balaban J connectivity index is 0.000000196. The maximum atomic E-state index is 14.5. The first-order chi connectivity index (χ1) is 61.9. The van der Waals surface area contributed by atoms with Crippen LogP contribution < -0.4 is 0 Å². The molecule has 0 aromatic heterocycles. The number of aliphatic hydroxyl groups is 12. The van der Waals surface area contributed by atoms with Crippen molar-refractivity contribution < 1.29 is 383 Å². The first-order valence-corrected chi connectivity index (χ1v) is 47.0. The molecule has 5 aromatic rings. The molecular weight excluding hydrogens is 3050 g/mol. The Bertz CT molecular complexity index is 5470. The van der Waals surface area contributed by atoms with Crippen LogP contribution in [0.3, 0.4) is 0 Å². The van der Waals surface area contributed by atoms with Crippen molar-refractivity contribution in [2.24, 2.45) is 89.8 Å². The number of benzene rings is 5. The fraction of sp³-hybridized carbons (Fsp3) is 0.594. The first kappa shape index (κ1) is 120. The van der Waals surface area contributed by atoms with Gasteiger partial charge in [-0.15, -0.1) is 0 Å². The van der Waals surface area contributed by atoms with Gasteiger partial charge in [-0.1, -0.05) is 224 Å². The average molecular weight is 3180 g/mol. The standard InChI is InChI=1S/C38H45NO8.C31H42O9.C22H34O6.C15H13NO.6Ac/c1-20-17-26-37(43,19-45-26)31-22(3)38(44)18-25(21(2)27(35(38,4)5)29(40)32(41)36(20,31)6)46-34(42)30-28(23-13-9-7-10-14-23)39-33(47-30)24-15-11-8-12-16-24;1-15(18-10-8-7-9-11-18)23(33)27(36)40-19-13-31(38)17(3)25-29(6,20(32)12-21-30(25,37)14-39-21)26(35)24(34)22(16(19)2)28(31,4)5;1-10-7-14-21(26,9-28-14)17-12(3)22(27)8-13(23)11(2)15(19(22,4)5)16(24)18(25)20(10,17)6;1-3-7-12(8-4-1)14-11-17-15(16-14)13-9-5-2-6-10-13;;;;;;/h7-16,20,22,25-26,28-31,40,43-44H,17-19H2,1-6H3;7-11,15,17,19-21,23-25,32-34,37-38H,12-14H2,1-6H3;10,12-14,16-17,23-24,26-27H,7-9H2,1-6H3;1-10,14H,11H2;;;;;;/t20-,22-,25?,26?,28?,29?,30+,31?,36+,37-,38?;15-,17-,19?,20?,21?,23?,24?,25?,29+,30-,31?;10-,12-,13?,14?,16?,17?,20+,21-,22?;;;;;;;/m000......./s1. The van der Waals surface area contributed by atoms with Crippen LogP contribution in [0.25, 0.3) is 0 Å². The van der Waals surface area contributed by atoms with Crippen LogP contribution in [0.4, 0.5) is 0 Å². The minimum atomic E-state index is -1.72. The molecule has 9 fully saturated rings. The van der Waals surface area contributed by atoms with E-state index in [4.69, 9.17) is 38.2 Å². The summed E-state index contributed by atoms with van der Waals surface area (Å²) < 4.78 is 41.0. The normalized spacial score (nSPS) is 40.6. The van der Waals surface area contributed by atoms with Crippen LogP contribution in [-0.4, -0.2) is 236 Å². The van der Waals surface area contributed by atoms with E-state index in [1.165, 1.54) is 5.56 Å². The monoisotopic (exact) mass is 3180 g/mol. The Morgan fingerprint density at radius 3 is 1.19 bits per heavy atom.